The number of hydrogen-bond donors (Lipinski definition) is 0. The van der Waals surface area contributed by atoms with E-state index in [9.17, 15) is 0 Å². The van der Waals surface area contributed by atoms with Gasteiger partial charge in [0.2, 0.25) is 0 Å². The van der Waals surface area contributed by atoms with Crippen LogP contribution in [0, 0.1) is 0 Å². The Bertz CT molecular complexity index is 3510. The van der Waals surface area contributed by atoms with Crippen molar-refractivity contribution >= 4 is 75.3 Å². The lowest BCUT2D eigenvalue weighted by Crippen LogP contribution is -2.01. The van der Waals surface area contributed by atoms with Crippen molar-refractivity contribution in [3.05, 3.63) is 182 Å². The van der Waals surface area contributed by atoms with Gasteiger partial charge in [-0.2, -0.15) is 0 Å². The number of aromatic nitrogens is 4. The number of benzene rings is 8. The van der Waals surface area contributed by atoms with Gasteiger partial charge in [0.1, 0.15) is 11.2 Å². The maximum absolute atomic E-state index is 6.88. The van der Waals surface area contributed by atoms with Crippen LogP contribution in [0.2, 0.25) is 0 Å². The largest absolute Gasteiger partial charge is 0.455 e. The van der Waals surface area contributed by atoms with E-state index in [2.05, 4.69) is 138 Å². The molecule has 0 saturated carbocycles. The third-order valence-corrected chi connectivity index (χ3v) is 12.3. The van der Waals surface area contributed by atoms with Crippen molar-refractivity contribution in [2.24, 2.45) is 0 Å². The SMILES string of the molecule is c1ccc(-c2ccc(-c3nc(-c4ccccc4)nc(-c4ccc(-n5c6ccccc6c6ccc7c8ccccc8sc7c65)c5c4oc4ccccc45)n3)cc2)cc1. The molecule has 0 N–H and O–H groups in total. The summed E-state index contributed by atoms with van der Waals surface area (Å²) in [5.41, 5.74) is 9.85. The first kappa shape index (κ1) is 31.9. The Morgan fingerprint density at radius 3 is 1.79 bits per heavy atom. The van der Waals surface area contributed by atoms with Gasteiger partial charge in [0.25, 0.3) is 0 Å². The van der Waals surface area contributed by atoms with Gasteiger partial charge in [-0.3, -0.25) is 0 Å². The molecule has 266 valence electrons. The molecule has 6 heteroatoms. The van der Waals surface area contributed by atoms with Crippen LogP contribution in [0.1, 0.15) is 0 Å². The van der Waals surface area contributed by atoms with Gasteiger partial charge >= 0.3 is 0 Å². The van der Waals surface area contributed by atoms with Crippen LogP contribution in [0.25, 0.3) is 115 Å². The van der Waals surface area contributed by atoms with Crippen molar-refractivity contribution in [3.63, 3.8) is 0 Å². The molecule has 0 atom stereocenters. The maximum atomic E-state index is 6.88. The highest BCUT2D eigenvalue weighted by Gasteiger charge is 2.24. The summed E-state index contributed by atoms with van der Waals surface area (Å²) in [6, 6.07) is 63.6. The van der Waals surface area contributed by atoms with E-state index in [0.717, 1.165) is 61.0 Å². The quantitative estimate of drug-likeness (QED) is 0.176. The lowest BCUT2D eigenvalue weighted by molar-refractivity contribution is 0.669. The van der Waals surface area contributed by atoms with E-state index in [1.165, 1.54) is 36.5 Å². The van der Waals surface area contributed by atoms with Crippen LogP contribution in [0.5, 0.6) is 0 Å². The fourth-order valence-electron chi connectivity index (χ4n) is 8.44. The van der Waals surface area contributed by atoms with Gasteiger partial charge in [-0.15, -0.1) is 11.3 Å². The number of furan rings is 1. The van der Waals surface area contributed by atoms with Gasteiger partial charge in [0.05, 0.1) is 32.4 Å². The zero-order valence-electron chi connectivity index (χ0n) is 30.4. The molecule has 0 unspecified atom stereocenters. The first-order chi connectivity index (χ1) is 28.3. The van der Waals surface area contributed by atoms with Crippen molar-refractivity contribution in [2.75, 3.05) is 0 Å². The Balaban J connectivity index is 1.13. The molecule has 0 fully saturated rings. The van der Waals surface area contributed by atoms with Gasteiger partial charge in [0.15, 0.2) is 17.5 Å². The number of thiophene rings is 1. The summed E-state index contributed by atoms with van der Waals surface area (Å²) in [5.74, 6) is 1.75. The summed E-state index contributed by atoms with van der Waals surface area (Å²) in [6.07, 6.45) is 0. The first-order valence-electron chi connectivity index (χ1n) is 19.0. The van der Waals surface area contributed by atoms with Gasteiger partial charge in [-0.25, -0.2) is 15.0 Å². The minimum Gasteiger partial charge on any atom is -0.455 e. The zero-order chi connectivity index (χ0) is 37.5. The molecule has 0 aliphatic carbocycles. The second kappa shape index (κ2) is 12.6. The van der Waals surface area contributed by atoms with Crippen LogP contribution in [-0.2, 0) is 0 Å². The molecule has 0 saturated heterocycles. The number of hydrogen-bond acceptors (Lipinski definition) is 5. The highest BCUT2D eigenvalue weighted by molar-refractivity contribution is 7.26. The maximum Gasteiger partial charge on any atom is 0.167 e. The Hall–Kier alpha value is -7.41. The van der Waals surface area contributed by atoms with Crippen LogP contribution >= 0.6 is 11.3 Å². The molecule has 12 rings (SSSR count). The van der Waals surface area contributed by atoms with E-state index in [1.54, 1.807) is 0 Å². The summed E-state index contributed by atoms with van der Waals surface area (Å²) in [6.45, 7) is 0. The molecule has 12 aromatic rings. The molecule has 4 heterocycles. The number of nitrogens with zero attached hydrogens (tertiary/aromatic N) is 4. The van der Waals surface area contributed by atoms with Crippen molar-refractivity contribution in [1.29, 1.82) is 0 Å². The Morgan fingerprint density at radius 2 is 1.00 bits per heavy atom. The third kappa shape index (κ3) is 4.98. The lowest BCUT2D eigenvalue weighted by Gasteiger charge is -2.13. The average molecular weight is 747 g/mol. The van der Waals surface area contributed by atoms with Crippen LogP contribution in [0.15, 0.2) is 186 Å². The average Bonchev–Trinajstić information content (AvgIpc) is 3.97. The summed E-state index contributed by atoms with van der Waals surface area (Å²) >= 11 is 1.85. The van der Waals surface area contributed by atoms with Crippen LogP contribution in [0.4, 0.5) is 0 Å². The molecule has 0 spiro atoms. The van der Waals surface area contributed by atoms with Crippen molar-refractivity contribution in [1.82, 2.24) is 19.5 Å². The summed E-state index contributed by atoms with van der Waals surface area (Å²) < 4.78 is 11.9. The third-order valence-electron chi connectivity index (χ3n) is 11.1. The highest BCUT2D eigenvalue weighted by atomic mass is 32.1. The summed E-state index contributed by atoms with van der Waals surface area (Å²) in [4.78, 5) is 15.4. The van der Waals surface area contributed by atoms with Crippen molar-refractivity contribution in [2.45, 2.75) is 0 Å². The Kier molecular flexibility index (Phi) is 7.03. The summed E-state index contributed by atoms with van der Waals surface area (Å²) in [7, 11) is 0. The molecule has 57 heavy (non-hydrogen) atoms. The van der Waals surface area contributed by atoms with E-state index in [0.29, 0.717) is 17.5 Å². The van der Waals surface area contributed by atoms with Gasteiger partial charge in [0, 0.05) is 42.8 Å². The van der Waals surface area contributed by atoms with Crippen molar-refractivity contribution < 1.29 is 4.42 Å². The monoisotopic (exact) mass is 746 g/mol. The minimum absolute atomic E-state index is 0.552. The fraction of sp³-hybridized carbons (Fsp3) is 0. The van der Waals surface area contributed by atoms with E-state index < -0.39 is 0 Å². The van der Waals surface area contributed by atoms with E-state index in [4.69, 9.17) is 19.4 Å². The van der Waals surface area contributed by atoms with Crippen LogP contribution < -0.4 is 0 Å². The second-order valence-corrected chi connectivity index (χ2v) is 15.4. The van der Waals surface area contributed by atoms with Gasteiger partial charge in [-0.05, 0) is 41.5 Å². The second-order valence-electron chi connectivity index (χ2n) is 14.3. The molecule has 8 aromatic carbocycles. The molecule has 0 bridgehead atoms. The van der Waals surface area contributed by atoms with Gasteiger partial charge < -0.3 is 8.98 Å². The normalized spacial score (nSPS) is 11.9. The first-order valence-corrected chi connectivity index (χ1v) is 19.8. The molecule has 0 aliphatic rings. The zero-order valence-corrected chi connectivity index (χ0v) is 31.2. The molecule has 0 radical (unpaired) electrons. The Labute approximate surface area is 330 Å². The van der Waals surface area contributed by atoms with E-state index in [1.807, 2.05) is 59.9 Å². The molecular weight excluding hydrogens is 717 g/mol. The predicted molar refractivity (Wildman–Crippen MR) is 236 cm³/mol. The standard InChI is InChI=1S/C51H30N4OS/c1-3-13-31(14-4-1)32-23-25-34(26-24-32)50-52-49(33-15-5-2-6-16-33)53-51(54-50)40-29-30-42(45-39-19-8-11-21-43(39)56-47(40)45)55-41-20-10-7-17-35(41)37-27-28-38-36-18-9-12-22-44(36)57-48(38)46(37)55/h1-30H. The number of rotatable bonds is 5. The molecular formula is C51H30N4OS. The lowest BCUT2D eigenvalue weighted by atomic mass is 10.0. The topological polar surface area (TPSA) is 56.7 Å². The highest BCUT2D eigenvalue weighted by Crippen LogP contribution is 2.46. The van der Waals surface area contributed by atoms with E-state index in [-0.39, 0.29) is 0 Å². The molecule has 5 nitrogen and oxygen atoms in total. The van der Waals surface area contributed by atoms with Gasteiger partial charge in [-0.1, -0.05) is 152 Å². The van der Waals surface area contributed by atoms with Crippen LogP contribution in [0.3, 0.4) is 0 Å². The summed E-state index contributed by atoms with van der Waals surface area (Å²) in [5, 5.41) is 7.03. The molecule has 0 amide bonds. The molecule has 0 aliphatic heterocycles. The minimum atomic E-state index is 0.552. The van der Waals surface area contributed by atoms with E-state index >= 15 is 0 Å². The number of fused-ring (bicyclic) bond motifs is 10. The molecule has 4 aromatic heterocycles. The Morgan fingerprint density at radius 1 is 0.421 bits per heavy atom. The number of para-hydroxylation sites is 2. The fourth-order valence-corrected chi connectivity index (χ4v) is 9.68. The smallest absolute Gasteiger partial charge is 0.167 e. The van der Waals surface area contributed by atoms with Crippen molar-refractivity contribution in [3.8, 4) is 51.0 Å². The predicted octanol–water partition coefficient (Wildman–Crippen LogP) is 13.9. The van der Waals surface area contributed by atoms with Crippen LogP contribution in [-0.4, -0.2) is 19.5 Å².